The van der Waals surface area contributed by atoms with E-state index >= 15 is 0 Å². The molecule has 0 aliphatic carbocycles. The summed E-state index contributed by atoms with van der Waals surface area (Å²) in [5, 5.41) is 3.37. The molecule has 9 heteroatoms. The molecule has 0 saturated carbocycles. The van der Waals surface area contributed by atoms with Gasteiger partial charge < -0.3 is 22.2 Å². The molecule has 4 nitrogen and oxygen atoms in total. The van der Waals surface area contributed by atoms with E-state index < -0.39 is 17.6 Å². The summed E-state index contributed by atoms with van der Waals surface area (Å²) in [6, 6.07) is 8.94. The fourth-order valence-corrected chi connectivity index (χ4v) is 3.13. The fraction of sp³-hybridized carbons (Fsp3) is 0.333. The second-order valence-electron chi connectivity index (χ2n) is 6.78. The number of imidazole rings is 1. The summed E-state index contributed by atoms with van der Waals surface area (Å²) in [5.74, 6) is -0.859. The number of anilines is 1. The Hall–Kier alpha value is -0.558. The Balaban J connectivity index is 0.000000293. The molecule has 1 fully saturated rings. The predicted molar refractivity (Wildman–Crippen MR) is 108 cm³/mol. The van der Waals surface area contributed by atoms with Crippen LogP contribution in [0.5, 0.6) is 0 Å². The van der Waals surface area contributed by atoms with Crippen LogP contribution in [-0.2, 0) is 13.2 Å². The van der Waals surface area contributed by atoms with Crippen LogP contribution in [0.2, 0.25) is 0 Å². The van der Waals surface area contributed by atoms with Gasteiger partial charge in [-0.3, -0.25) is 0 Å². The molecule has 158 valence electrons. The minimum Gasteiger partial charge on any atom is -0.369 e. The maximum absolute atomic E-state index is 12.5. The van der Waals surface area contributed by atoms with Gasteiger partial charge in [0, 0.05) is 38.9 Å². The molecule has 0 bridgehead atoms. The topological polar surface area (TPSA) is 33.1 Å². The molecule has 0 unspecified atom stereocenters. The number of halogens is 4. The molecule has 2 heterocycles. The van der Waals surface area contributed by atoms with Gasteiger partial charge in [0.15, 0.2) is 0 Å². The smallest absolute Gasteiger partial charge is 0.369 e. The first-order chi connectivity index (χ1) is 13.2. The van der Waals surface area contributed by atoms with Crippen LogP contribution in [-0.4, -0.2) is 35.7 Å². The van der Waals surface area contributed by atoms with Gasteiger partial charge in [-0.15, -0.1) is 0 Å². The quantitative estimate of drug-likeness (QED) is 0.375. The van der Waals surface area contributed by atoms with Crippen LogP contribution in [0, 0.1) is 20.2 Å². The Morgan fingerprint density at radius 3 is 2.30 bits per heavy atom. The minimum absolute atomic E-state index is 0. The van der Waals surface area contributed by atoms with E-state index in [2.05, 4.69) is 38.0 Å². The number of fused-ring (bicyclic) bond motifs is 1. The molecule has 0 radical (unpaired) electrons. The van der Waals surface area contributed by atoms with Crippen molar-refractivity contribution in [3.05, 3.63) is 67.1 Å². The number of nitrogens with one attached hydrogen (secondary N) is 1. The first-order valence-electron chi connectivity index (χ1n) is 8.95. The zero-order chi connectivity index (χ0) is 20.3. The third-order valence-electron chi connectivity index (χ3n) is 4.56. The van der Waals surface area contributed by atoms with Crippen molar-refractivity contribution >= 4 is 16.7 Å². The van der Waals surface area contributed by atoms with Crippen molar-refractivity contribution in [3.63, 3.8) is 0 Å². The molecule has 1 aliphatic heterocycles. The zero-order valence-electron chi connectivity index (χ0n) is 17.7. The fourth-order valence-electron chi connectivity index (χ4n) is 3.13. The van der Waals surface area contributed by atoms with E-state index in [4.69, 9.17) is 0 Å². The van der Waals surface area contributed by atoms with Crippen LogP contribution in [0.1, 0.15) is 11.1 Å². The predicted octanol–water partition coefficient (Wildman–Crippen LogP) is 1.59. The van der Waals surface area contributed by atoms with E-state index in [1.165, 1.54) is 18.1 Å². The van der Waals surface area contributed by atoms with Gasteiger partial charge in [0.05, 0.1) is 22.9 Å². The van der Waals surface area contributed by atoms with Crippen LogP contribution in [0.3, 0.4) is 0 Å². The summed E-state index contributed by atoms with van der Waals surface area (Å²) in [6.45, 7) is 5.73. The summed E-state index contributed by atoms with van der Waals surface area (Å²) >= 11 is 0. The average molecular weight is 542 g/mol. The Morgan fingerprint density at radius 2 is 1.70 bits per heavy atom. The molecular formula is C21H25CsF4N4. The standard InChI is InChI=1S/C12H16N4.C8H6F4.CH3.Cs/c1-15-9-14-11-3-2-10(8-12(11)15)16-6-4-13-5-7-16;1-5-2-6(8(10,11)12)4-7(9)3-5;;/h2-3,8-9,13H,4-7H2,1H3;2-4H,1H3;1H3;/q;;-1;+1. The third kappa shape index (κ3) is 7.25. The average Bonchev–Trinajstić information content (AvgIpc) is 3.02. The van der Waals surface area contributed by atoms with Crippen LogP contribution in [0.15, 0.2) is 42.7 Å². The second kappa shape index (κ2) is 11.9. The number of nitrogens with zero attached hydrogens (tertiary/aromatic N) is 3. The molecular weight excluding hydrogens is 517 g/mol. The van der Waals surface area contributed by atoms with Gasteiger partial charge in [-0.25, -0.2) is 9.37 Å². The maximum atomic E-state index is 12.5. The molecule has 3 aromatic rings. The summed E-state index contributed by atoms with van der Waals surface area (Å²) < 4.78 is 50.5. The van der Waals surface area contributed by atoms with E-state index in [0.717, 1.165) is 43.8 Å². The van der Waals surface area contributed by atoms with Crippen molar-refractivity contribution in [2.45, 2.75) is 13.1 Å². The number of hydrogen-bond acceptors (Lipinski definition) is 3. The summed E-state index contributed by atoms with van der Waals surface area (Å²) in [5.41, 5.74) is 2.90. The number of benzene rings is 2. The first-order valence-corrected chi connectivity index (χ1v) is 8.95. The molecule has 1 N–H and O–H groups in total. The van der Waals surface area contributed by atoms with E-state index in [1.54, 1.807) is 0 Å². The number of rotatable bonds is 1. The molecule has 0 amide bonds. The number of hydrogen-bond donors (Lipinski definition) is 1. The molecule has 30 heavy (non-hydrogen) atoms. The van der Waals surface area contributed by atoms with E-state index in [1.807, 2.05) is 13.4 Å². The minimum atomic E-state index is -4.47. The second-order valence-corrected chi connectivity index (χ2v) is 6.78. The molecule has 1 aromatic heterocycles. The number of aryl methyl sites for hydroxylation is 2. The van der Waals surface area contributed by atoms with Crippen molar-refractivity contribution in [1.29, 1.82) is 0 Å². The van der Waals surface area contributed by atoms with Crippen molar-refractivity contribution in [1.82, 2.24) is 14.9 Å². The van der Waals surface area contributed by atoms with Crippen molar-refractivity contribution < 1.29 is 86.5 Å². The van der Waals surface area contributed by atoms with Gasteiger partial charge in [-0.2, -0.15) is 13.2 Å². The van der Waals surface area contributed by atoms with E-state index in [-0.39, 0.29) is 81.9 Å². The van der Waals surface area contributed by atoms with Crippen molar-refractivity contribution in [2.24, 2.45) is 7.05 Å². The molecule has 2 aromatic carbocycles. The summed E-state index contributed by atoms with van der Waals surface area (Å²) in [4.78, 5) is 6.76. The van der Waals surface area contributed by atoms with Gasteiger partial charge in [-0.1, -0.05) is 0 Å². The van der Waals surface area contributed by atoms with Crippen molar-refractivity contribution in [3.8, 4) is 0 Å². The Labute approximate surface area is 233 Å². The van der Waals surface area contributed by atoms with E-state index in [0.29, 0.717) is 6.07 Å². The maximum Gasteiger partial charge on any atom is 1.00 e. The normalized spacial score (nSPS) is 13.7. The number of piperazine rings is 1. The third-order valence-corrected chi connectivity index (χ3v) is 4.56. The molecule has 1 aliphatic rings. The van der Waals surface area contributed by atoms with Crippen LogP contribution in [0.4, 0.5) is 23.2 Å². The SMILES string of the molecule is Cc1cc(F)cc(C(F)(F)F)c1.Cn1cnc2ccc(N3CCNCC3)cc21.[CH3-].[Cs+]. The van der Waals surface area contributed by atoms with Crippen LogP contribution < -0.4 is 79.1 Å². The number of alkyl halides is 3. The van der Waals surface area contributed by atoms with E-state index in [9.17, 15) is 17.6 Å². The monoisotopic (exact) mass is 542 g/mol. The summed E-state index contributed by atoms with van der Waals surface area (Å²) in [6.07, 6.45) is -2.60. The van der Waals surface area contributed by atoms with Gasteiger partial charge >= 0.3 is 75.1 Å². The molecule has 4 rings (SSSR count). The van der Waals surface area contributed by atoms with Gasteiger partial charge in [0.25, 0.3) is 0 Å². The summed E-state index contributed by atoms with van der Waals surface area (Å²) in [7, 11) is 2.04. The number of aromatic nitrogens is 2. The van der Waals surface area contributed by atoms with Crippen LogP contribution in [0.25, 0.3) is 11.0 Å². The zero-order valence-corrected chi connectivity index (χ0v) is 24.0. The first kappa shape index (κ1) is 27.5. The van der Waals surface area contributed by atoms with Crippen LogP contribution >= 0.6 is 0 Å². The van der Waals surface area contributed by atoms with Gasteiger partial charge in [0.1, 0.15) is 5.82 Å². The molecule has 0 atom stereocenters. The van der Waals surface area contributed by atoms with Crippen molar-refractivity contribution in [2.75, 3.05) is 31.1 Å². The molecule has 1 saturated heterocycles. The Morgan fingerprint density at radius 1 is 1.03 bits per heavy atom. The molecule has 0 spiro atoms. The Kier molecular flexibility index (Phi) is 10.9. The van der Waals surface area contributed by atoms with Gasteiger partial charge in [-0.05, 0) is 48.9 Å². The largest absolute Gasteiger partial charge is 1.00 e. The Bertz CT molecular complexity index is 930. The van der Waals surface area contributed by atoms with Gasteiger partial charge in [0.2, 0.25) is 0 Å².